The minimum Gasteiger partial charge on any atom is -0.356 e. The summed E-state index contributed by atoms with van der Waals surface area (Å²) in [5, 5.41) is 3.36. The van der Waals surface area contributed by atoms with E-state index in [1.807, 2.05) is 0 Å². The van der Waals surface area contributed by atoms with Gasteiger partial charge >= 0.3 is 0 Å². The molecular formula is C48H48N2. The number of nitrogens with one attached hydrogen (secondary N) is 1. The molecule has 0 radical (unpaired) electrons. The Morgan fingerprint density at radius 1 is 0.700 bits per heavy atom. The van der Waals surface area contributed by atoms with Crippen LogP contribution in [-0.2, 0) is 0 Å². The molecular weight excluding hydrogens is 605 g/mol. The number of nitrogens with zero attached hydrogens (tertiary/aromatic N) is 1. The summed E-state index contributed by atoms with van der Waals surface area (Å²) in [5.74, 6) is 2.53. The van der Waals surface area contributed by atoms with E-state index in [0.717, 1.165) is 17.8 Å². The van der Waals surface area contributed by atoms with Crippen molar-refractivity contribution in [3.63, 3.8) is 0 Å². The van der Waals surface area contributed by atoms with Crippen LogP contribution in [-0.4, -0.2) is 6.04 Å². The maximum atomic E-state index is 4.60. The van der Waals surface area contributed by atoms with E-state index < -0.39 is 0 Å². The zero-order valence-corrected chi connectivity index (χ0v) is 30.0. The number of terminal acetylenes is 1. The van der Waals surface area contributed by atoms with Crippen LogP contribution in [0.5, 0.6) is 0 Å². The third-order valence-corrected chi connectivity index (χ3v) is 8.93. The molecule has 7 rings (SSSR count). The molecule has 0 saturated carbocycles. The minimum absolute atomic E-state index is 0.165. The summed E-state index contributed by atoms with van der Waals surface area (Å²) in [6.45, 7) is 10.1. The highest BCUT2D eigenvalue weighted by Gasteiger charge is 2.38. The fourth-order valence-electron chi connectivity index (χ4n) is 6.43. The fraction of sp³-hybridized carbons (Fsp3) is 0.167. The molecule has 4 aromatic carbocycles. The van der Waals surface area contributed by atoms with E-state index in [0.29, 0.717) is 0 Å². The molecule has 50 heavy (non-hydrogen) atoms. The lowest BCUT2D eigenvalue weighted by atomic mass is 9.72. The third kappa shape index (κ3) is 9.01. The van der Waals surface area contributed by atoms with Gasteiger partial charge in [-0.15, -0.1) is 12.3 Å². The molecule has 0 amide bonds. The third-order valence-electron chi connectivity index (χ3n) is 8.93. The van der Waals surface area contributed by atoms with Crippen molar-refractivity contribution in [2.24, 2.45) is 5.92 Å². The first-order chi connectivity index (χ1) is 24.4. The first-order valence-electron chi connectivity index (χ1n) is 17.4. The van der Waals surface area contributed by atoms with Crippen LogP contribution >= 0.6 is 0 Å². The number of para-hydroxylation sites is 1. The van der Waals surface area contributed by atoms with Crippen LogP contribution < -0.4 is 10.2 Å². The van der Waals surface area contributed by atoms with Crippen LogP contribution in [0.25, 0.3) is 0 Å². The minimum atomic E-state index is 0.165. The van der Waals surface area contributed by atoms with E-state index in [2.05, 4.69) is 214 Å². The number of hydrogen-bond acceptors (Lipinski definition) is 2. The summed E-state index contributed by atoms with van der Waals surface area (Å²) in [4.78, 5) is 2.54. The van der Waals surface area contributed by atoms with Crippen LogP contribution in [0, 0.1) is 39.0 Å². The Morgan fingerprint density at radius 2 is 1.24 bits per heavy atom. The molecule has 0 aromatic heterocycles. The Bertz CT molecular complexity index is 1930. The van der Waals surface area contributed by atoms with E-state index >= 15 is 0 Å². The summed E-state index contributed by atoms with van der Waals surface area (Å²) < 4.78 is 0. The number of anilines is 4. The predicted octanol–water partition coefficient (Wildman–Crippen LogP) is 12.6. The van der Waals surface area contributed by atoms with Crippen molar-refractivity contribution in [2.75, 3.05) is 10.2 Å². The average Bonchev–Trinajstić information content (AvgIpc) is 3.15. The second-order valence-corrected chi connectivity index (χ2v) is 12.7. The first kappa shape index (κ1) is 35.5. The summed E-state index contributed by atoms with van der Waals surface area (Å²) in [6, 6.07) is 36.8. The van der Waals surface area contributed by atoms with Gasteiger partial charge in [0.25, 0.3) is 0 Å². The molecule has 0 bridgehead atoms. The molecule has 3 aliphatic carbocycles. The van der Waals surface area contributed by atoms with Gasteiger partial charge < -0.3 is 10.2 Å². The smallest absolute Gasteiger partial charge is 0.0703 e. The van der Waals surface area contributed by atoms with Crippen molar-refractivity contribution in [1.29, 1.82) is 0 Å². The quantitative estimate of drug-likeness (QED) is 0.216. The number of rotatable bonds is 5. The molecule has 0 fully saturated rings. The maximum Gasteiger partial charge on any atom is 0.0703 e. The molecule has 0 saturated heterocycles. The first-order valence-corrected chi connectivity index (χ1v) is 17.4. The van der Waals surface area contributed by atoms with Crippen molar-refractivity contribution in [3.8, 4) is 12.3 Å². The van der Waals surface area contributed by atoms with Gasteiger partial charge in [0.1, 0.15) is 0 Å². The number of aryl methyl sites for hydroxylation is 3. The normalized spacial score (nSPS) is 19.2. The van der Waals surface area contributed by atoms with Gasteiger partial charge in [-0.1, -0.05) is 132 Å². The van der Waals surface area contributed by atoms with Crippen molar-refractivity contribution < 1.29 is 0 Å². The highest BCUT2D eigenvalue weighted by molar-refractivity contribution is 5.71. The van der Waals surface area contributed by atoms with Gasteiger partial charge in [0.2, 0.25) is 0 Å². The van der Waals surface area contributed by atoms with Crippen LogP contribution in [0.2, 0.25) is 0 Å². The van der Waals surface area contributed by atoms with E-state index in [1.165, 1.54) is 50.4 Å². The molecule has 2 nitrogen and oxygen atoms in total. The highest BCUT2D eigenvalue weighted by Crippen LogP contribution is 2.45. The molecule has 1 N–H and O–H groups in total. The van der Waals surface area contributed by atoms with Crippen molar-refractivity contribution in [3.05, 3.63) is 203 Å². The molecule has 4 aromatic rings. The summed E-state index contributed by atoms with van der Waals surface area (Å²) in [5.41, 5.74) is 14.1. The second-order valence-electron chi connectivity index (χ2n) is 12.7. The number of fused-ring (bicyclic) bond motifs is 1. The molecule has 250 valence electrons. The zero-order valence-electron chi connectivity index (χ0n) is 30.0. The molecule has 3 aliphatic rings. The summed E-state index contributed by atoms with van der Waals surface area (Å²) in [7, 11) is 0. The van der Waals surface area contributed by atoms with Gasteiger partial charge in [0.15, 0.2) is 0 Å². The van der Waals surface area contributed by atoms with Gasteiger partial charge in [0, 0.05) is 28.7 Å². The predicted molar refractivity (Wildman–Crippen MR) is 217 cm³/mol. The van der Waals surface area contributed by atoms with Crippen molar-refractivity contribution in [2.45, 2.75) is 47.1 Å². The SMILES string of the molecule is C#CC.C/C=C1/C=C2C=CC=CC2C(N(c2ccccc2)c2ccc(C)cc2)/C1=C1\C=CC=CC1.Cc1ccc(Nc2ccc(C)cc2)cc1. The van der Waals surface area contributed by atoms with Gasteiger partial charge in [-0.05, 0) is 112 Å². The van der Waals surface area contributed by atoms with Crippen LogP contribution in [0.4, 0.5) is 22.7 Å². The van der Waals surface area contributed by atoms with Gasteiger partial charge in [-0.2, -0.15) is 0 Å². The van der Waals surface area contributed by atoms with Crippen molar-refractivity contribution in [1.82, 2.24) is 0 Å². The van der Waals surface area contributed by atoms with Crippen LogP contribution in [0.3, 0.4) is 0 Å². The van der Waals surface area contributed by atoms with Crippen LogP contribution in [0.15, 0.2) is 186 Å². The lowest BCUT2D eigenvalue weighted by molar-refractivity contribution is 0.607. The second kappa shape index (κ2) is 17.6. The highest BCUT2D eigenvalue weighted by atomic mass is 15.2. The lowest BCUT2D eigenvalue weighted by Gasteiger charge is -2.44. The van der Waals surface area contributed by atoms with E-state index in [1.54, 1.807) is 6.92 Å². The topological polar surface area (TPSA) is 15.3 Å². The molecule has 0 aliphatic heterocycles. The maximum absolute atomic E-state index is 4.60. The zero-order chi connectivity index (χ0) is 35.3. The van der Waals surface area contributed by atoms with E-state index in [-0.39, 0.29) is 12.0 Å². The molecule has 2 heteroatoms. The average molecular weight is 653 g/mol. The standard InChI is InChI=1S/C31H29N.C14H15N.C3H4/c1-3-24-22-26-14-10-11-17-29(26)31(30(24)25-12-6-4-7-13-25)32(27-15-8-5-9-16-27)28-20-18-23(2)19-21-28;1-11-3-7-13(8-4-11)15-14-9-5-12(2)6-10-14;1-3-2/h3-12,14-22,29,31H,13H2,1-2H3;3-10,15H,1-2H3;1H,2H3/b24-3-,30-25+;;. The molecule has 0 heterocycles. The van der Waals surface area contributed by atoms with Crippen LogP contribution in [0.1, 0.15) is 37.0 Å². The number of benzene rings is 4. The Balaban J connectivity index is 0.000000225. The Morgan fingerprint density at radius 3 is 1.78 bits per heavy atom. The molecule has 0 spiro atoms. The Labute approximate surface area is 300 Å². The monoisotopic (exact) mass is 652 g/mol. The lowest BCUT2D eigenvalue weighted by Crippen LogP contribution is -2.42. The number of hydrogen-bond donors (Lipinski definition) is 1. The Kier molecular flexibility index (Phi) is 12.5. The fourth-order valence-corrected chi connectivity index (χ4v) is 6.43. The summed E-state index contributed by atoms with van der Waals surface area (Å²) >= 11 is 0. The van der Waals surface area contributed by atoms with Gasteiger partial charge in [-0.25, -0.2) is 0 Å². The summed E-state index contributed by atoms with van der Waals surface area (Å²) in [6.07, 6.45) is 28.1. The van der Waals surface area contributed by atoms with Gasteiger partial charge in [0.05, 0.1) is 6.04 Å². The van der Waals surface area contributed by atoms with Crippen molar-refractivity contribution >= 4 is 22.7 Å². The molecule has 2 atom stereocenters. The van der Waals surface area contributed by atoms with E-state index in [9.17, 15) is 0 Å². The number of allylic oxidation sites excluding steroid dienone is 10. The van der Waals surface area contributed by atoms with Gasteiger partial charge in [-0.3, -0.25) is 0 Å². The Hall–Kier alpha value is -5.78. The molecule has 2 unspecified atom stereocenters. The largest absolute Gasteiger partial charge is 0.356 e. The van der Waals surface area contributed by atoms with E-state index in [4.69, 9.17) is 0 Å².